The Morgan fingerprint density at radius 2 is 2.07 bits per heavy atom. The van der Waals surface area contributed by atoms with E-state index in [0.29, 0.717) is 4.88 Å². The summed E-state index contributed by atoms with van der Waals surface area (Å²) in [7, 11) is 1.11. The SMILES string of the molecule is COC(=O)C(=O)C(C)C(=O)c1cccs1. The van der Waals surface area contributed by atoms with E-state index in [2.05, 4.69) is 4.74 Å². The van der Waals surface area contributed by atoms with Gasteiger partial charge in [0.25, 0.3) is 5.78 Å². The summed E-state index contributed by atoms with van der Waals surface area (Å²) < 4.78 is 4.26. The molecule has 1 aromatic rings. The Morgan fingerprint density at radius 1 is 1.40 bits per heavy atom. The van der Waals surface area contributed by atoms with Gasteiger partial charge in [0.15, 0.2) is 5.78 Å². The topological polar surface area (TPSA) is 60.4 Å². The number of Topliss-reactive ketones (excluding diaryl/α,β-unsaturated/α-hetero) is 2. The molecule has 1 heterocycles. The Labute approximate surface area is 90.9 Å². The largest absolute Gasteiger partial charge is 0.463 e. The van der Waals surface area contributed by atoms with Crippen LogP contribution in [0.3, 0.4) is 0 Å². The van der Waals surface area contributed by atoms with Crippen LogP contribution in [0.15, 0.2) is 17.5 Å². The third-order valence-electron chi connectivity index (χ3n) is 1.94. The molecule has 1 aromatic heterocycles. The van der Waals surface area contributed by atoms with Crippen molar-refractivity contribution in [2.45, 2.75) is 6.92 Å². The van der Waals surface area contributed by atoms with Crippen LogP contribution in [0, 0.1) is 5.92 Å². The Kier molecular flexibility index (Phi) is 3.74. The monoisotopic (exact) mass is 226 g/mol. The summed E-state index contributed by atoms with van der Waals surface area (Å²) in [5.41, 5.74) is 0. The number of esters is 1. The zero-order chi connectivity index (χ0) is 11.4. The molecular formula is C10H10O4S. The summed E-state index contributed by atoms with van der Waals surface area (Å²) in [5, 5.41) is 1.74. The Bertz CT molecular complexity index is 380. The standard InChI is InChI=1S/C10H10O4S/c1-6(9(12)10(13)14-2)8(11)7-4-3-5-15-7/h3-6H,1-2H3. The normalized spacial score (nSPS) is 11.9. The van der Waals surface area contributed by atoms with Crippen LogP contribution in [0.25, 0.3) is 0 Å². The van der Waals surface area contributed by atoms with E-state index < -0.39 is 17.7 Å². The first-order chi connectivity index (χ1) is 7.07. The molecule has 0 aliphatic carbocycles. The number of hydrogen-bond acceptors (Lipinski definition) is 5. The molecule has 1 rings (SSSR count). The van der Waals surface area contributed by atoms with Crippen LogP contribution in [0.1, 0.15) is 16.6 Å². The van der Waals surface area contributed by atoms with Gasteiger partial charge in [-0.15, -0.1) is 11.3 Å². The van der Waals surface area contributed by atoms with Crippen molar-refractivity contribution >= 4 is 28.9 Å². The fraction of sp³-hybridized carbons (Fsp3) is 0.300. The number of thiophene rings is 1. The average Bonchev–Trinajstić information content (AvgIpc) is 2.78. The number of methoxy groups -OCH3 is 1. The summed E-state index contributed by atoms with van der Waals surface area (Å²) >= 11 is 1.24. The van der Waals surface area contributed by atoms with Crippen LogP contribution in [0.2, 0.25) is 0 Å². The van der Waals surface area contributed by atoms with Gasteiger partial charge >= 0.3 is 5.97 Å². The van der Waals surface area contributed by atoms with Crippen molar-refractivity contribution in [3.63, 3.8) is 0 Å². The molecule has 15 heavy (non-hydrogen) atoms. The molecule has 0 amide bonds. The molecule has 0 spiro atoms. The van der Waals surface area contributed by atoms with E-state index in [-0.39, 0.29) is 5.78 Å². The highest BCUT2D eigenvalue weighted by molar-refractivity contribution is 7.12. The smallest absolute Gasteiger partial charge is 0.375 e. The lowest BCUT2D eigenvalue weighted by atomic mass is 10.0. The fourth-order valence-electron chi connectivity index (χ4n) is 1.03. The van der Waals surface area contributed by atoms with Gasteiger partial charge in [0.1, 0.15) is 0 Å². The second-order valence-electron chi connectivity index (χ2n) is 2.92. The quantitative estimate of drug-likeness (QED) is 0.336. The number of hydrogen-bond donors (Lipinski definition) is 0. The third-order valence-corrected chi connectivity index (χ3v) is 2.82. The van der Waals surface area contributed by atoms with E-state index >= 15 is 0 Å². The highest BCUT2D eigenvalue weighted by atomic mass is 32.1. The summed E-state index contributed by atoms with van der Waals surface area (Å²) in [4.78, 5) is 34.3. The van der Waals surface area contributed by atoms with Gasteiger partial charge in [0.05, 0.1) is 17.9 Å². The maximum absolute atomic E-state index is 11.6. The van der Waals surface area contributed by atoms with Crippen molar-refractivity contribution < 1.29 is 19.1 Å². The summed E-state index contributed by atoms with van der Waals surface area (Å²) in [6.07, 6.45) is 0. The van der Waals surface area contributed by atoms with Crippen molar-refractivity contribution in [1.29, 1.82) is 0 Å². The van der Waals surface area contributed by atoms with Crippen LogP contribution in [0.5, 0.6) is 0 Å². The average molecular weight is 226 g/mol. The van der Waals surface area contributed by atoms with Crippen molar-refractivity contribution in [1.82, 2.24) is 0 Å². The first-order valence-electron chi connectivity index (χ1n) is 4.27. The van der Waals surface area contributed by atoms with E-state index in [1.807, 2.05) is 0 Å². The zero-order valence-electron chi connectivity index (χ0n) is 8.35. The first kappa shape index (κ1) is 11.6. The molecule has 0 aromatic carbocycles. The van der Waals surface area contributed by atoms with Crippen LogP contribution in [-0.4, -0.2) is 24.6 Å². The molecule has 1 atom stereocenters. The summed E-state index contributed by atoms with van der Waals surface area (Å²) in [6, 6.07) is 3.33. The molecule has 0 saturated heterocycles. The molecule has 0 saturated carbocycles. The van der Waals surface area contributed by atoms with Gasteiger partial charge < -0.3 is 4.74 Å². The third kappa shape index (κ3) is 2.50. The molecule has 0 aliphatic heterocycles. The molecule has 0 bridgehead atoms. The minimum atomic E-state index is -0.979. The predicted molar refractivity (Wildman–Crippen MR) is 54.8 cm³/mol. The van der Waals surface area contributed by atoms with Crippen molar-refractivity contribution in [3.05, 3.63) is 22.4 Å². The van der Waals surface area contributed by atoms with E-state index in [9.17, 15) is 14.4 Å². The van der Waals surface area contributed by atoms with Gasteiger partial charge in [-0.3, -0.25) is 9.59 Å². The molecule has 0 aliphatic rings. The van der Waals surface area contributed by atoms with Gasteiger partial charge in [0, 0.05) is 0 Å². The molecule has 0 N–H and O–H groups in total. The van der Waals surface area contributed by atoms with E-state index in [1.165, 1.54) is 18.3 Å². The maximum atomic E-state index is 11.6. The molecule has 1 unspecified atom stereocenters. The number of ether oxygens (including phenoxy) is 1. The molecular weight excluding hydrogens is 216 g/mol. The van der Waals surface area contributed by atoms with Crippen molar-refractivity contribution in [2.24, 2.45) is 5.92 Å². The van der Waals surface area contributed by atoms with Crippen LogP contribution in [0.4, 0.5) is 0 Å². The predicted octanol–water partition coefficient (Wildman–Crippen LogP) is 1.31. The molecule has 0 fully saturated rings. The van der Waals surface area contributed by atoms with E-state index in [1.54, 1.807) is 17.5 Å². The van der Waals surface area contributed by atoms with Crippen molar-refractivity contribution in [2.75, 3.05) is 7.11 Å². The van der Waals surface area contributed by atoms with E-state index in [0.717, 1.165) is 7.11 Å². The van der Waals surface area contributed by atoms with Gasteiger partial charge in [-0.05, 0) is 18.4 Å². The van der Waals surface area contributed by atoms with Gasteiger partial charge in [-0.1, -0.05) is 6.07 Å². The van der Waals surface area contributed by atoms with Gasteiger partial charge in [-0.2, -0.15) is 0 Å². The minimum absolute atomic E-state index is 0.347. The zero-order valence-corrected chi connectivity index (χ0v) is 9.17. The Balaban J connectivity index is 2.77. The second kappa shape index (κ2) is 4.84. The summed E-state index contributed by atoms with van der Waals surface area (Å²) in [5.74, 6) is -3.11. The number of ketones is 2. The number of rotatable bonds is 4. The lowest BCUT2D eigenvalue weighted by Gasteiger charge is -2.05. The van der Waals surface area contributed by atoms with Crippen molar-refractivity contribution in [3.8, 4) is 0 Å². The molecule has 0 radical (unpaired) electrons. The van der Waals surface area contributed by atoms with Crippen LogP contribution in [-0.2, 0) is 14.3 Å². The summed E-state index contributed by atoms with van der Waals surface area (Å²) in [6.45, 7) is 1.40. The Morgan fingerprint density at radius 3 is 2.53 bits per heavy atom. The first-order valence-corrected chi connectivity index (χ1v) is 5.15. The molecule has 4 nitrogen and oxygen atoms in total. The maximum Gasteiger partial charge on any atom is 0.375 e. The minimum Gasteiger partial charge on any atom is -0.463 e. The highest BCUT2D eigenvalue weighted by Crippen LogP contribution is 2.15. The lowest BCUT2D eigenvalue weighted by Crippen LogP contribution is -2.28. The number of carbonyl (C=O) groups is 3. The van der Waals surface area contributed by atoms with Crippen LogP contribution >= 0.6 is 11.3 Å². The number of carbonyl (C=O) groups excluding carboxylic acids is 3. The lowest BCUT2D eigenvalue weighted by molar-refractivity contribution is -0.152. The van der Waals surface area contributed by atoms with Gasteiger partial charge in [-0.25, -0.2) is 4.79 Å². The fourth-order valence-corrected chi connectivity index (χ4v) is 1.78. The highest BCUT2D eigenvalue weighted by Gasteiger charge is 2.29. The Hall–Kier alpha value is -1.49. The van der Waals surface area contributed by atoms with Crippen LogP contribution < -0.4 is 0 Å². The van der Waals surface area contributed by atoms with E-state index in [4.69, 9.17) is 0 Å². The molecule has 5 heteroatoms. The van der Waals surface area contributed by atoms with Gasteiger partial charge in [0.2, 0.25) is 0 Å². The second-order valence-corrected chi connectivity index (χ2v) is 3.87. The molecule has 80 valence electrons.